The standard InChI is InChI=1S/C12H22N4O4/c1-7(17)13-5-11(15-9(3)19)12(16-10(4)20)6-14-8(2)18/h11-12H,5-6H2,1-4H3,(H,13,17)(H,14,18)(H,15,19)(H,16,20). The van der Waals surface area contributed by atoms with Crippen molar-refractivity contribution in [2.45, 2.75) is 39.8 Å². The van der Waals surface area contributed by atoms with E-state index in [1.165, 1.54) is 27.7 Å². The molecule has 0 aromatic carbocycles. The van der Waals surface area contributed by atoms with Gasteiger partial charge in [0.05, 0.1) is 12.1 Å². The normalized spacial score (nSPS) is 12.8. The van der Waals surface area contributed by atoms with Crippen LogP contribution in [0.15, 0.2) is 0 Å². The molecule has 8 nitrogen and oxygen atoms in total. The first-order valence-corrected chi connectivity index (χ1v) is 6.25. The highest BCUT2D eigenvalue weighted by atomic mass is 16.2. The van der Waals surface area contributed by atoms with Gasteiger partial charge < -0.3 is 21.3 Å². The van der Waals surface area contributed by atoms with Gasteiger partial charge in [0.1, 0.15) is 0 Å². The summed E-state index contributed by atoms with van der Waals surface area (Å²) in [6, 6.07) is -1.04. The molecular formula is C12H22N4O4. The molecule has 0 aliphatic rings. The predicted molar refractivity (Wildman–Crippen MR) is 72.6 cm³/mol. The van der Waals surface area contributed by atoms with Crippen molar-refractivity contribution in [3.05, 3.63) is 0 Å². The maximum Gasteiger partial charge on any atom is 0.217 e. The molecule has 0 aliphatic carbocycles. The van der Waals surface area contributed by atoms with Crippen LogP contribution in [0.5, 0.6) is 0 Å². The molecule has 0 rings (SSSR count). The van der Waals surface area contributed by atoms with Crippen molar-refractivity contribution < 1.29 is 19.2 Å². The molecule has 0 aromatic rings. The van der Waals surface area contributed by atoms with Crippen molar-refractivity contribution in [3.8, 4) is 0 Å². The van der Waals surface area contributed by atoms with E-state index in [9.17, 15) is 19.2 Å². The van der Waals surface area contributed by atoms with E-state index in [0.29, 0.717) is 0 Å². The number of hydrogen-bond donors (Lipinski definition) is 4. The minimum absolute atomic E-state index is 0.152. The summed E-state index contributed by atoms with van der Waals surface area (Å²) in [6.45, 7) is 5.69. The van der Waals surface area contributed by atoms with Gasteiger partial charge in [0.15, 0.2) is 0 Å². The van der Waals surface area contributed by atoms with Gasteiger partial charge in [0.25, 0.3) is 0 Å². The highest BCUT2D eigenvalue weighted by Crippen LogP contribution is 1.94. The fraction of sp³-hybridized carbons (Fsp3) is 0.667. The Morgan fingerprint density at radius 1 is 0.650 bits per heavy atom. The third-order valence-electron chi connectivity index (χ3n) is 2.40. The highest BCUT2D eigenvalue weighted by Gasteiger charge is 2.23. The van der Waals surface area contributed by atoms with Crippen LogP contribution in [0.4, 0.5) is 0 Å². The summed E-state index contributed by atoms with van der Waals surface area (Å²) in [5, 5.41) is 10.4. The van der Waals surface area contributed by atoms with Gasteiger partial charge in [-0.2, -0.15) is 0 Å². The first-order valence-electron chi connectivity index (χ1n) is 6.25. The predicted octanol–water partition coefficient (Wildman–Crippen LogP) is -1.73. The first-order chi connectivity index (χ1) is 9.22. The Kier molecular flexibility index (Phi) is 7.95. The monoisotopic (exact) mass is 286 g/mol. The van der Waals surface area contributed by atoms with Crippen LogP contribution < -0.4 is 21.3 Å². The van der Waals surface area contributed by atoms with E-state index < -0.39 is 12.1 Å². The van der Waals surface area contributed by atoms with E-state index >= 15 is 0 Å². The van der Waals surface area contributed by atoms with E-state index in [1.54, 1.807) is 0 Å². The summed E-state index contributed by atoms with van der Waals surface area (Å²) in [7, 11) is 0. The fourth-order valence-electron chi connectivity index (χ4n) is 1.62. The summed E-state index contributed by atoms with van der Waals surface area (Å²) in [6.07, 6.45) is 0. The number of carbonyl (C=O) groups excluding carboxylic acids is 4. The second-order valence-corrected chi connectivity index (χ2v) is 4.49. The Hall–Kier alpha value is -2.12. The minimum atomic E-state index is -0.521. The van der Waals surface area contributed by atoms with Crippen molar-refractivity contribution in [1.82, 2.24) is 21.3 Å². The van der Waals surface area contributed by atoms with E-state index in [-0.39, 0.29) is 36.7 Å². The lowest BCUT2D eigenvalue weighted by Crippen LogP contribution is -2.59. The second-order valence-electron chi connectivity index (χ2n) is 4.49. The summed E-state index contributed by atoms with van der Waals surface area (Å²) < 4.78 is 0. The van der Waals surface area contributed by atoms with Gasteiger partial charge in [0, 0.05) is 40.8 Å². The van der Waals surface area contributed by atoms with Gasteiger partial charge in [-0.25, -0.2) is 0 Å². The van der Waals surface area contributed by atoms with E-state index in [0.717, 1.165) is 0 Å². The average Bonchev–Trinajstić information content (AvgIpc) is 2.28. The zero-order valence-electron chi connectivity index (χ0n) is 12.2. The van der Waals surface area contributed by atoms with E-state index in [1.807, 2.05) is 0 Å². The Balaban J connectivity index is 4.83. The summed E-state index contributed by atoms with van der Waals surface area (Å²) in [4.78, 5) is 44.3. The molecule has 0 saturated carbocycles. The maximum atomic E-state index is 11.2. The number of rotatable bonds is 7. The molecule has 4 amide bonds. The number of amides is 4. The van der Waals surface area contributed by atoms with Gasteiger partial charge in [-0.1, -0.05) is 0 Å². The summed E-state index contributed by atoms with van der Waals surface area (Å²) in [5.74, 6) is -1.08. The lowest BCUT2D eigenvalue weighted by Gasteiger charge is -2.28. The third kappa shape index (κ3) is 8.90. The Bertz CT molecular complexity index is 348. The van der Waals surface area contributed by atoms with Crippen molar-refractivity contribution in [2.24, 2.45) is 0 Å². The number of carbonyl (C=O) groups is 4. The molecule has 20 heavy (non-hydrogen) atoms. The van der Waals surface area contributed by atoms with Gasteiger partial charge in [-0.05, 0) is 0 Å². The summed E-state index contributed by atoms with van der Waals surface area (Å²) in [5.41, 5.74) is 0. The molecule has 0 aromatic heterocycles. The zero-order chi connectivity index (χ0) is 15.7. The van der Waals surface area contributed by atoms with E-state index in [4.69, 9.17) is 0 Å². The molecule has 8 heteroatoms. The molecule has 2 unspecified atom stereocenters. The van der Waals surface area contributed by atoms with Crippen LogP contribution in [-0.4, -0.2) is 48.8 Å². The third-order valence-corrected chi connectivity index (χ3v) is 2.40. The smallest absolute Gasteiger partial charge is 0.217 e. The van der Waals surface area contributed by atoms with Crippen molar-refractivity contribution in [3.63, 3.8) is 0 Å². The molecule has 0 aliphatic heterocycles. The molecule has 2 atom stereocenters. The van der Waals surface area contributed by atoms with E-state index in [2.05, 4.69) is 21.3 Å². The van der Waals surface area contributed by atoms with Crippen molar-refractivity contribution >= 4 is 23.6 Å². The lowest BCUT2D eigenvalue weighted by atomic mass is 10.1. The first kappa shape index (κ1) is 17.9. The zero-order valence-corrected chi connectivity index (χ0v) is 12.2. The lowest BCUT2D eigenvalue weighted by molar-refractivity contribution is -0.123. The Morgan fingerprint density at radius 2 is 0.950 bits per heavy atom. The molecule has 4 N–H and O–H groups in total. The van der Waals surface area contributed by atoms with Gasteiger partial charge >= 0.3 is 0 Å². The van der Waals surface area contributed by atoms with Crippen LogP contribution in [-0.2, 0) is 19.2 Å². The molecule has 0 heterocycles. The van der Waals surface area contributed by atoms with Crippen LogP contribution in [0, 0.1) is 0 Å². The summed E-state index contributed by atoms with van der Waals surface area (Å²) >= 11 is 0. The van der Waals surface area contributed by atoms with Crippen molar-refractivity contribution in [2.75, 3.05) is 13.1 Å². The van der Waals surface area contributed by atoms with Crippen molar-refractivity contribution in [1.29, 1.82) is 0 Å². The molecule has 0 spiro atoms. The van der Waals surface area contributed by atoms with Crippen LogP contribution in [0.3, 0.4) is 0 Å². The number of hydrogen-bond acceptors (Lipinski definition) is 4. The van der Waals surface area contributed by atoms with Crippen LogP contribution >= 0.6 is 0 Å². The van der Waals surface area contributed by atoms with Crippen LogP contribution in [0.1, 0.15) is 27.7 Å². The molecule has 0 fully saturated rings. The van der Waals surface area contributed by atoms with Gasteiger partial charge in [0.2, 0.25) is 23.6 Å². The largest absolute Gasteiger partial charge is 0.354 e. The average molecular weight is 286 g/mol. The fourth-order valence-corrected chi connectivity index (χ4v) is 1.62. The highest BCUT2D eigenvalue weighted by molar-refractivity contribution is 5.76. The molecular weight excluding hydrogens is 264 g/mol. The molecule has 0 radical (unpaired) electrons. The SMILES string of the molecule is CC(=O)NCC(NC(C)=O)C(CNC(C)=O)NC(C)=O. The molecule has 114 valence electrons. The quantitative estimate of drug-likeness (QED) is 0.445. The second kappa shape index (κ2) is 8.89. The van der Waals surface area contributed by atoms with Gasteiger partial charge in [-0.15, -0.1) is 0 Å². The molecule has 0 bridgehead atoms. The maximum absolute atomic E-state index is 11.2. The van der Waals surface area contributed by atoms with Gasteiger partial charge in [-0.3, -0.25) is 19.2 Å². The molecule has 0 saturated heterocycles. The Labute approximate surface area is 118 Å². The van der Waals surface area contributed by atoms with Crippen LogP contribution in [0.25, 0.3) is 0 Å². The Morgan fingerprint density at radius 3 is 1.15 bits per heavy atom. The van der Waals surface area contributed by atoms with Crippen LogP contribution in [0.2, 0.25) is 0 Å². The minimum Gasteiger partial charge on any atom is -0.354 e. The topological polar surface area (TPSA) is 116 Å². The number of nitrogens with one attached hydrogen (secondary N) is 4.